The molecular formula is C14H16N2O3. The first-order chi connectivity index (χ1) is 9.24. The van der Waals surface area contributed by atoms with Crippen molar-refractivity contribution in [2.24, 2.45) is 5.92 Å². The molecule has 1 fully saturated rings. The highest BCUT2D eigenvalue weighted by molar-refractivity contribution is 5.98. The van der Waals surface area contributed by atoms with Crippen molar-refractivity contribution in [3.8, 4) is 5.75 Å². The van der Waals surface area contributed by atoms with E-state index in [0.29, 0.717) is 11.4 Å². The third-order valence-corrected chi connectivity index (χ3v) is 3.64. The van der Waals surface area contributed by atoms with Gasteiger partial charge in [0.1, 0.15) is 5.75 Å². The summed E-state index contributed by atoms with van der Waals surface area (Å²) >= 11 is 0. The monoisotopic (exact) mass is 260 g/mol. The molecule has 100 valence electrons. The Hall–Kier alpha value is -2.04. The molecule has 0 saturated heterocycles. The van der Waals surface area contributed by atoms with Gasteiger partial charge in [-0.2, -0.15) is 0 Å². The van der Waals surface area contributed by atoms with Crippen LogP contribution in [-0.2, 0) is 9.59 Å². The van der Waals surface area contributed by atoms with E-state index in [0.717, 1.165) is 19.3 Å². The maximum Gasteiger partial charge on any atom is 0.267 e. The Bertz CT molecular complexity index is 511. The summed E-state index contributed by atoms with van der Waals surface area (Å²) in [5, 5.41) is 5.57. The van der Waals surface area contributed by atoms with Gasteiger partial charge in [-0.1, -0.05) is 18.6 Å². The SMILES string of the molecule is O=C(NCC1Oc2ccccc2NC1=O)C1CCC1. The first-order valence-electron chi connectivity index (χ1n) is 6.58. The zero-order valence-electron chi connectivity index (χ0n) is 10.5. The molecule has 1 aromatic carbocycles. The molecular weight excluding hydrogens is 244 g/mol. The van der Waals surface area contributed by atoms with Crippen LogP contribution in [0.25, 0.3) is 0 Å². The van der Waals surface area contributed by atoms with Gasteiger partial charge in [-0.05, 0) is 25.0 Å². The van der Waals surface area contributed by atoms with E-state index in [1.54, 1.807) is 12.1 Å². The summed E-state index contributed by atoms with van der Waals surface area (Å²) in [6.45, 7) is 0.218. The number of benzene rings is 1. The van der Waals surface area contributed by atoms with Gasteiger partial charge < -0.3 is 15.4 Å². The second-order valence-electron chi connectivity index (χ2n) is 4.96. The van der Waals surface area contributed by atoms with Crippen molar-refractivity contribution in [2.75, 3.05) is 11.9 Å². The molecule has 1 saturated carbocycles. The van der Waals surface area contributed by atoms with E-state index in [9.17, 15) is 9.59 Å². The maximum atomic E-state index is 11.8. The quantitative estimate of drug-likeness (QED) is 0.861. The molecule has 5 nitrogen and oxygen atoms in total. The normalized spacial score (nSPS) is 21.7. The zero-order valence-corrected chi connectivity index (χ0v) is 10.5. The fourth-order valence-corrected chi connectivity index (χ4v) is 2.24. The maximum absolute atomic E-state index is 11.8. The second-order valence-corrected chi connectivity index (χ2v) is 4.96. The topological polar surface area (TPSA) is 67.4 Å². The van der Waals surface area contributed by atoms with Gasteiger partial charge in [0.15, 0.2) is 6.10 Å². The van der Waals surface area contributed by atoms with Crippen molar-refractivity contribution in [3.63, 3.8) is 0 Å². The van der Waals surface area contributed by atoms with Gasteiger partial charge in [-0.3, -0.25) is 9.59 Å². The van der Waals surface area contributed by atoms with Crippen molar-refractivity contribution in [3.05, 3.63) is 24.3 Å². The molecule has 0 spiro atoms. The number of nitrogens with one attached hydrogen (secondary N) is 2. The third-order valence-electron chi connectivity index (χ3n) is 3.64. The van der Waals surface area contributed by atoms with Gasteiger partial charge in [0.05, 0.1) is 12.2 Å². The van der Waals surface area contributed by atoms with Crippen molar-refractivity contribution >= 4 is 17.5 Å². The molecule has 1 heterocycles. The number of amides is 2. The number of para-hydroxylation sites is 2. The largest absolute Gasteiger partial charge is 0.477 e. The fraction of sp³-hybridized carbons (Fsp3) is 0.429. The minimum Gasteiger partial charge on any atom is -0.477 e. The van der Waals surface area contributed by atoms with Crippen molar-refractivity contribution in [1.29, 1.82) is 0 Å². The lowest BCUT2D eigenvalue weighted by atomic mass is 9.85. The summed E-state index contributed by atoms with van der Waals surface area (Å²) in [6, 6.07) is 7.27. The van der Waals surface area contributed by atoms with Crippen LogP contribution in [0.15, 0.2) is 24.3 Å². The van der Waals surface area contributed by atoms with Gasteiger partial charge in [0, 0.05) is 5.92 Å². The minimum atomic E-state index is -0.654. The number of fused-ring (bicyclic) bond motifs is 1. The summed E-state index contributed by atoms with van der Waals surface area (Å²) in [4.78, 5) is 23.6. The molecule has 1 atom stereocenters. The third kappa shape index (κ3) is 2.41. The molecule has 1 aromatic rings. The summed E-state index contributed by atoms with van der Waals surface area (Å²) < 4.78 is 5.60. The Morgan fingerprint density at radius 1 is 1.37 bits per heavy atom. The number of carbonyl (C=O) groups is 2. The van der Waals surface area contributed by atoms with Gasteiger partial charge in [-0.15, -0.1) is 0 Å². The van der Waals surface area contributed by atoms with Crippen LogP contribution in [0.2, 0.25) is 0 Å². The molecule has 2 aliphatic rings. The van der Waals surface area contributed by atoms with Crippen LogP contribution in [0.5, 0.6) is 5.75 Å². The van der Waals surface area contributed by atoms with E-state index < -0.39 is 6.10 Å². The van der Waals surface area contributed by atoms with Crippen LogP contribution in [-0.4, -0.2) is 24.5 Å². The molecule has 1 aliphatic heterocycles. The molecule has 1 aliphatic carbocycles. The molecule has 0 aromatic heterocycles. The van der Waals surface area contributed by atoms with Crippen LogP contribution in [0, 0.1) is 5.92 Å². The average molecular weight is 260 g/mol. The number of rotatable bonds is 3. The number of anilines is 1. The average Bonchev–Trinajstić information content (AvgIpc) is 2.34. The Balaban J connectivity index is 1.60. The standard InChI is InChI=1S/C14H16N2O3/c17-13(9-4-3-5-9)15-8-12-14(18)16-10-6-1-2-7-11(10)19-12/h1-2,6-7,9,12H,3-5,8H2,(H,15,17)(H,16,18). The molecule has 2 amide bonds. The van der Waals surface area contributed by atoms with Gasteiger partial charge >= 0.3 is 0 Å². The fourth-order valence-electron chi connectivity index (χ4n) is 2.24. The first-order valence-corrected chi connectivity index (χ1v) is 6.58. The Labute approximate surface area is 111 Å². The lowest BCUT2D eigenvalue weighted by Crippen LogP contribution is -2.47. The molecule has 0 radical (unpaired) electrons. The van der Waals surface area contributed by atoms with Crippen LogP contribution in [0.3, 0.4) is 0 Å². The number of hydrogen-bond acceptors (Lipinski definition) is 3. The number of ether oxygens (including phenoxy) is 1. The van der Waals surface area contributed by atoms with E-state index in [-0.39, 0.29) is 24.3 Å². The minimum absolute atomic E-state index is 0.0292. The Kier molecular flexibility index (Phi) is 3.11. The first kappa shape index (κ1) is 12.0. The number of hydrogen-bond donors (Lipinski definition) is 2. The summed E-state index contributed by atoms with van der Waals surface area (Å²) in [6.07, 6.45) is 2.36. The zero-order chi connectivity index (χ0) is 13.2. The predicted octanol–water partition coefficient (Wildman–Crippen LogP) is 1.30. The molecule has 0 bridgehead atoms. The van der Waals surface area contributed by atoms with Gasteiger partial charge in [0.25, 0.3) is 5.91 Å². The number of carbonyl (C=O) groups excluding carboxylic acids is 2. The highest BCUT2D eigenvalue weighted by atomic mass is 16.5. The summed E-state index contributed by atoms with van der Waals surface area (Å²) in [7, 11) is 0. The highest BCUT2D eigenvalue weighted by Crippen LogP contribution is 2.29. The summed E-state index contributed by atoms with van der Waals surface area (Å²) in [5.74, 6) is 0.582. The van der Waals surface area contributed by atoms with Gasteiger partial charge in [-0.25, -0.2) is 0 Å². The molecule has 19 heavy (non-hydrogen) atoms. The van der Waals surface area contributed by atoms with Gasteiger partial charge in [0.2, 0.25) is 5.91 Å². The smallest absolute Gasteiger partial charge is 0.267 e. The summed E-state index contributed by atoms with van der Waals surface area (Å²) in [5.41, 5.74) is 0.675. The van der Waals surface area contributed by atoms with Crippen molar-refractivity contribution in [2.45, 2.75) is 25.4 Å². The van der Waals surface area contributed by atoms with E-state index in [2.05, 4.69) is 10.6 Å². The second kappa shape index (κ2) is 4.91. The molecule has 2 N–H and O–H groups in total. The molecule has 3 rings (SSSR count). The van der Waals surface area contributed by atoms with Crippen LogP contribution < -0.4 is 15.4 Å². The predicted molar refractivity (Wildman–Crippen MR) is 69.8 cm³/mol. The molecule has 1 unspecified atom stereocenters. The Morgan fingerprint density at radius 2 is 2.16 bits per heavy atom. The van der Waals surface area contributed by atoms with E-state index >= 15 is 0 Å². The van der Waals surface area contributed by atoms with Crippen LogP contribution >= 0.6 is 0 Å². The lowest BCUT2D eigenvalue weighted by Gasteiger charge is -2.28. The van der Waals surface area contributed by atoms with E-state index in [4.69, 9.17) is 4.74 Å². The van der Waals surface area contributed by atoms with Crippen LogP contribution in [0.1, 0.15) is 19.3 Å². The van der Waals surface area contributed by atoms with Crippen molar-refractivity contribution in [1.82, 2.24) is 5.32 Å². The van der Waals surface area contributed by atoms with Crippen LogP contribution in [0.4, 0.5) is 5.69 Å². The van der Waals surface area contributed by atoms with E-state index in [1.165, 1.54) is 0 Å². The lowest BCUT2D eigenvalue weighted by molar-refractivity contribution is -0.128. The van der Waals surface area contributed by atoms with E-state index in [1.807, 2.05) is 12.1 Å². The highest BCUT2D eigenvalue weighted by Gasteiger charge is 2.30. The molecule has 5 heteroatoms. The Morgan fingerprint density at radius 3 is 2.89 bits per heavy atom. The van der Waals surface area contributed by atoms with Crippen molar-refractivity contribution < 1.29 is 14.3 Å².